The lowest BCUT2D eigenvalue weighted by Gasteiger charge is -2.18. The molecule has 3 rings (SSSR count). The van der Waals surface area contributed by atoms with Crippen LogP contribution in [0.2, 0.25) is 0 Å². The van der Waals surface area contributed by atoms with Crippen LogP contribution in [0.3, 0.4) is 0 Å². The maximum atomic E-state index is 12.1. The summed E-state index contributed by atoms with van der Waals surface area (Å²) in [5, 5.41) is 14.3. The Kier molecular flexibility index (Phi) is 4.22. The van der Waals surface area contributed by atoms with E-state index in [2.05, 4.69) is 26.6 Å². The fourth-order valence-corrected chi connectivity index (χ4v) is 2.59. The van der Waals surface area contributed by atoms with E-state index in [-0.39, 0.29) is 17.9 Å². The van der Waals surface area contributed by atoms with Gasteiger partial charge >= 0.3 is 0 Å². The zero-order valence-corrected chi connectivity index (χ0v) is 13.7. The van der Waals surface area contributed by atoms with Crippen molar-refractivity contribution in [1.82, 2.24) is 10.6 Å². The average molecular weight is 391 g/mol. The van der Waals surface area contributed by atoms with Crippen LogP contribution in [0.5, 0.6) is 5.75 Å². The number of rotatable bonds is 3. The SMILES string of the molecule is O=C1NC(=O)c2ccc(Br)cc2/C1=C/NCc1cc(=O)c(O)co1. The number of aromatic hydroxyl groups is 1. The van der Waals surface area contributed by atoms with Crippen molar-refractivity contribution >= 4 is 33.3 Å². The van der Waals surface area contributed by atoms with Crippen LogP contribution in [0.15, 0.2) is 50.4 Å². The number of hydrogen-bond acceptors (Lipinski definition) is 6. The fourth-order valence-electron chi connectivity index (χ4n) is 2.23. The second-order valence-electron chi connectivity index (χ2n) is 5.01. The van der Waals surface area contributed by atoms with Crippen LogP contribution in [-0.2, 0) is 11.3 Å². The van der Waals surface area contributed by atoms with Crippen LogP contribution in [-0.4, -0.2) is 16.9 Å². The van der Waals surface area contributed by atoms with E-state index < -0.39 is 23.0 Å². The van der Waals surface area contributed by atoms with Crippen molar-refractivity contribution in [3.05, 3.63) is 68.3 Å². The van der Waals surface area contributed by atoms with E-state index in [1.165, 1.54) is 6.20 Å². The Morgan fingerprint density at radius 1 is 1.17 bits per heavy atom. The molecule has 8 heteroatoms. The first-order valence-electron chi connectivity index (χ1n) is 6.85. The average Bonchev–Trinajstić information content (AvgIpc) is 2.53. The zero-order valence-electron chi connectivity index (χ0n) is 12.1. The molecule has 1 aromatic heterocycles. The van der Waals surface area contributed by atoms with Crippen molar-refractivity contribution in [2.45, 2.75) is 6.54 Å². The molecule has 2 aromatic rings. The van der Waals surface area contributed by atoms with Gasteiger partial charge in [0.25, 0.3) is 11.8 Å². The summed E-state index contributed by atoms with van der Waals surface area (Å²) in [5.41, 5.74) is 0.618. The molecule has 0 unspecified atom stereocenters. The van der Waals surface area contributed by atoms with Crippen molar-refractivity contribution < 1.29 is 19.1 Å². The molecule has 1 aromatic carbocycles. The highest BCUT2D eigenvalue weighted by molar-refractivity contribution is 9.10. The summed E-state index contributed by atoms with van der Waals surface area (Å²) >= 11 is 3.31. The van der Waals surface area contributed by atoms with Gasteiger partial charge < -0.3 is 14.8 Å². The molecule has 0 aliphatic carbocycles. The number of benzene rings is 1. The molecular formula is C16H11BrN2O5. The minimum atomic E-state index is -0.555. The van der Waals surface area contributed by atoms with E-state index in [0.29, 0.717) is 11.1 Å². The van der Waals surface area contributed by atoms with Gasteiger partial charge in [-0.3, -0.25) is 19.7 Å². The molecule has 122 valence electrons. The lowest BCUT2D eigenvalue weighted by Crippen LogP contribution is -2.37. The van der Waals surface area contributed by atoms with Gasteiger partial charge in [0.15, 0.2) is 5.75 Å². The van der Waals surface area contributed by atoms with Crippen LogP contribution < -0.4 is 16.1 Å². The van der Waals surface area contributed by atoms with Crippen LogP contribution in [0, 0.1) is 0 Å². The fraction of sp³-hybridized carbons (Fsp3) is 0.0625. The molecule has 3 N–H and O–H groups in total. The number of carbonyl (C=O) groups excluding carboxylic acids is 2. The molecule has 24 heavy (non-hydrogen) atoms. The Bertz CT molecular complexity index is 932. The Hall–Kier alpha value is -2.87. The first-order chi connectivity index (χ1) is 11.5. The third kappa shape index (κ3) is 3.09. The lowest BCUT2D eigenvalue weighted by molar-refractivity contribution is -0.114. The molecule has 0 spiro atoms. The largest absolute Gasteiger partial charge is 0.502 e. The summed E-state index contributed by atoms with van der Waals surface area (Å²) < 4.78 is 5.79. The molecule has 7 nitrogen and oxygen atoms in total. The number of imide groups is 1. The van der Waals surface area contributed by atoms with Gasteiger partial charge in [0.1, 0.15) is 12.0 Å². The van der Waals surface area contributed by atoms with Crippen molar-refractivity contribution in [2.24, 2.45) is 0 Å². The predicted octanol–water partition coefficient (Wildman–Crippen LogP) is 1.51. The number of fused-ring (bicyclic) bond motifs is 1. The first kappa shape index (κ1) is 16.0. The number of carbonyl (C=O) groups is 2. The topological polar surface area (TPSA) is 109 Å². The Morgan fingerprint density at radius 2 is 1.96 bits per heavy atom. The summed E-state index contributed by atoms with van der Waals surface area (Å²) in [6.45, 7) is 0.129. The molecule has 2 heterocycles. The van der Waals surface area contributed by atoms with Gasteiger partial charge in [0, 0.05) is 27.9 Å². The van der Waals surface area contributed by atoms with E-state index in [1.807, 2.05) is 0 Å². The maximum Gasteiger partial charge on any atom is 0.260 e. The van der Waals surface area contributed by atoms with Crippen molar-refractivity contribution in [3.63, 3.8) is 0 Å². The lowest BCUT2D eigenvalue weighted by atomic mass is 9.96. The van der Waals surface area contributed by atoms with Crippen molar-refractivity contribution in [1.29, 1.82) is 0 Å². The second-order valence-corrected chi connectivity index (χ2v) is 5.92. The number of hydrogen-bond donors (Lipinski definition) is 3. The van der Waals surface area contributed by atoms with Crippen LogP contribution in [0.1, 0.15) is 21.7 Å². The second kappa shape index (κ2) is 6.32. The number of halogens is 1. The molecule has 2 amide bonds. The molecule has 0 fully saturated rings. The zero-order chi connectivity index (χ0) is 17.3. The van der Waals surface area contributed by atoms with Gasteiger partial charge in [-0.1, -0.05) is 15.9 Å². The smallest absolute Gasteiger partial charge is 0.260 e. The predicted molar refractivity (Wildman–Crippen MR) is 88.1 cm³/mol. The molecule has 0 radical (unpaired) electrons. The highest BCUT2D eigenvalue weighted by Gasteiger charge is 2.27. The first-order valence-corrected chi connectivity index (χ1v) is 7.65. The minimum Gasteiger partial charge on any atom is -0.502 e. The van der Waals surface area contributed by atoms with Gasteiger partial charge in [0.05, 0.1) is 12.1 Å². The summed E-state index contributed by atoms with van der Waals surface area (Å²) in [6.07, 6.45) is 2.39. The molecule has 0 atom stereocenters. The molecule has 0 saturated heterocycles. The van der Waals surface area contributed by atoms with E-state index in [0.717, 1.165) is 16.8 Å². The molecule has 0 saturated carbocycles. The van der Waals surface area contributed by atoms with Crippen LogP contribution in [0.25, 0.3) is 5.57 Å². The maximum absolute atomic E-state index is 12.1. The van der Waals surface area contributed by atoms with E-state index in [1.54, 1.807) is 18.2 Å². The molecule has 0 bridgehead atoms. The van der Waals surface area contributed by atoms with Gasteiger partial charge in [-0.15, -0.1) is 0 Å². The Balaban J connectivity index is 1.86. The van der Waals surface area contributed by atoms with E-state index in [9.17, 15) is 14.4 Å². The highest BCUT2D eigenvalue weighted by Crippen LogP contribution is 2.26. The van der Waals surface area contributed by atoms with Gasteiger partial charge in [-0.05, 0) is 18.2 Å². The van der Waals surface area contributed by atoms with E-state index >= 15 is 0 Å². The quantitative estimate of drug-likeness (QED) is 0.541. The van der Waals surface area contributed by atoms with Crippen molar-refractivity contribution in [3.8, 4) is 5.75 Å². The summed E-state index contributed by atoms with van der Waals surface area (Å²) in [4.78, 5) is 35.2. The third-order valence-electron chi connectivity index (χ3n) is 3.38. The molecular weight excluding hydrogens is 380 g/mol. The Morgan fingerprint density at radius 3 is 2.71 bits per heavy atom. The minimum absolute atomic E-state index is 0.129. The van der Waals surface area contributed by atoms with Crippen LogP contribution in [0.4, 0.5) is 0 Å². The molecule has 1 aliphatic heterocycles. The number of amides is 2. The van der Waals surface area contributed by atoms with Crippen LogP contribution >= 0.6 is 15.9 Å². The third-order valence-corrected chi connectivity index (χ3v) is 3.87. The van der Waals surface area contributed by atoms with Crippen molar-refractivity contribution in [2.75, 3.05) is 0 Å². The van der Waals surface area contributed by atoms with Gasteiger partial charge in [-0.2, -0.15) is 0 Å². The van der Waals surface area contributed by atoms with Gasteiger partial charge in [0.2, 0.25) is 5.43 Å². The van der Waals surface area contributed by atoms with E-state index in [4.69, 9.17) is 9.52 Å². The molecule has 1 aliphatic rings. The Labute approximate surface area is 144 Å². The monoisotopic (exact) mass is 390 g/mol. The summed E-state index contributed by atoms with van der Waals surface area (Å²) in [6, 6.07) is 6.16. The van der Waals surface area contributed by atoms with Gasteiger partial charge in [-0.25, -0.2) is 0 Å². The number of nitrogens with one attached hydrogen (secondary N) is 2. The summed E-state index contributed by atoms with van der Waals surface area (Å²) in [7, 11) is 0. The highest BCUT2D eigenvalue weighted by atomic mass is 79.9. The normalized spacial score (nSPS) is 15.1. The summed E-state index contributed by atoms with van der Waals surface area (Å²) in [5.74, 6) is -1.16. The standard InChI is InChI=1S/C16H11BrN2O5/c17-8-1-2-10-11(3-8)12(16(23)19-15(10)22)6-18-5-9-4-13(20)14(21)7-24-9/h1-4,6-7,18,21H,5H2,(H,19,22,23)/b12-6-.